The number of H-pyrrole nitrogens is 4. The number of hydrogen-bond acceptors (Lipinski definition) is 18. The first-order chi connectivity index (χ1) is 63.7. The Morgan fingerprint density at radius 1 is 0.303 bits per heavy atom. The number of halogens is 2. The minimum Gasteiger partial charge on any atom is -0.453 e. The van der Waals surface area contributed by atoms with Crippen molar-refractivity contribution in [1.29, 1.82) is 0 Å². The molecule has 0 bridgehead atoms. The Morgan fingerprint density at radius 2 is 0.508 bits per heavy atom. The molecule has 0 spiro atoms. The number of aromatic nitrogens is 8. The van der Waals surface area contributed by atoms with E-state index in [1.54, 1.807) is 19.6 Å². The SMILES string of the molecule is COC(=O)N[C@H](C(=O)N1CCC[C@H]1c1ncc(-c2ccc([C@@H]3CC[C@@H](c4ccc(-c5cnc([C@@H]6CCCN6C(=O)[C@@H](NC(=O)OC)C(C)C)[nH]5)cc4)N3c3ccc(F)cc3)cc2)[nH]1)C(C)C.COC(=O)N[C@H](C(=O)N1CCC[C@H]1c1ncc(-c2ccc([C@H]3CC[C@H](c4ccc(-c5cnc([C@@H]6CCCN6C(=O)[C@@H](NC(=O)OC)C(C)C)[nH]5)cc4)N3c3ccc(F)cc3)cc2)[nH]1)C(C)C. The molecular weight excluding hydrogens is 1680 g/mol. The molecule has 0 saturated carbocycles. The monoisotopic (exact) mass is 1800 g/mol. The number of carbonyl (C=O) groups is 8. The van der Waals surface area contributed by atoms with Gasteiger partial charge < -0.3 is 89.5 Å². The van der Waals surface area contributed by atoms with Gasteiger partial charge in [0.1, 0.15) is 59.1 Å². The van der Waals surface area contributed by atoms with Gasteiger partial charge in [0, 0.05) is 37.6 Å². The van der Waals surface area contributed by atoms with Gasteiger partial charge in [0.25, 0.3) is 0 Å². The minimum absolute atomic E-state index is 0.0300. The number of rotatable bonds is 26. The van der Waals surface area contributed by atoms with Gasteiger partial charge in [0.05, 0.1) is 124 Å². The molecule has 0 aliphatic carbocycles. The van der Waals surface area contributed by atoms with E-state index in [1.165, 1.54) is 52.7 Å². The first kappa shape index (κ1) is 93.3. The number of benzene rings is 6. The van der Waals surface area contributed by atoms with E-state index < -0.39 is 48.5 Å². The second-order valence-corrected chi connectivity index (χ2v) is 36.4. The van der Waals surface area contributed by atoms with E-state index in [0.29, 0.717) is 49.5 Å². The maximum atomic E-state index is 14.3. The van der Waals surface area contributed by atoms with Crippen LogP contribution in [0.3, 0.4) is 0 Å². The third kappa shape index (κ3) is 20.4. The standard InChI is InChI=1S/2C50H60FN9O6/c2*1-29(2)43(56-49(63)65-5)47(61)58-25-7-9-41(58)45-52-27-37(54-45)31-11-15-33(16-12-31)39-23-24-40(60(39)36-21-19-35(51)20-22-36)34-17-13-32(14-18-34)38-28-53-46(55-38)42-10-8-26-59(42)48(62)44(30(3)4)57-50(64)66-6/h2*11-22,27-30,39-44H,7-10,23-26H2,1-6H3,(H,52,54)(H,53,55)(H,56,63)(H,57,64)/t39-,40-,41+,42+,43+,44+;39-,40-,41-,42-,43-,44-/m10/s1. The van der Waals surface area contributed by atoms with Crippen molar-refractivity contribution in [2.75, 3.05) is 64.4 Å². The molecule has 30 nitrogen and oxygen atoms in total. The number of ether oxygens (including phenoxy) is 4. The van der Waals surface area contributed by atoms with Crippen LogP contribution in [0.2, 0.25) is 0 Å². The number of hydrogen-bond donors (Lipinski definition) is 8. The molecule has 16 rings (SSSR count). The lowest BCUT2D eigenvalue weighted by Crippen LogP contribution is -2.51. The molecular formula is C100H120F2N18O12. The van der Waals surface area contributed by atoms with Crippen LogP contribution in [0.1, 0.15) is 226 Å². The van der Waals surface area contributed by atoms with Gasteiger partial charge in [0.15, 0.2) is 0 Å². The van der Waals surface area contributed by atoms with Crippen LogP contribution in [0.5, 0.6) is 0 Å². The summed E-state index contributed by atoms with van der Waals surface area (Å²) in [6.45, 7) is 17.5. The predicted molar refractivity (Wildman–Crippen MR) is 495 cm³/mol. The van der Waals surface area contributed by atoms with Crippen molar-refractivity contribution in [3.05, 3.63) is 228 Å². The van der Waals surface area contributed by atoms with Crippen molar-refractivity contribution in [3.63, 3.8) is 0 Å². The molecule has 0 unspecified atom stereocenters. The molecule has 0 radical (unpaired) electrons. The van der Waals surface area contributed by atoms with Gasteiger partial charge in [0.2, 0.25) is 23.6 Å². The predicted octanol–water partition coefficient (Wildman–Crippen LogP) is 17.6. The van der Waals surface area contributed by atoms with Crippen LogP contribution in [0.15, 0.2) is 170 Å². The molecule has 6 aliphatic heterocycles. The number of methoxy groups -OCH3 is 4. The first-order valence-electron chi connectivity index (χ1n) is 46.0. The molecule has 132 heavy (non-hydrogen) atoms. The molecule has 10 heterocycles. The summed E-state index contributed by atoms with van der Waals surface area (Å²) in [6.07, 6.45) is 14.6. The third-order valence-corrected chi connectivity index (χ3v) is 26.8. The minimum atomic E-state index is -0.710. The number of amides is 8. The second-order valence-electron chi connectivity index (χ2n) is 36.4. The van der Waals surface area contributed by atoms with Crippen molar-refractivity contribution >= 4 is 59.4 Å². The smallest absolute Gasteiger partial charge is 0.407 e. The van der Waals surface area contributed by atoms with Gasteiger partial charge in [-0.1, -0.05) is 152 Å². The maximum absolute atomic E-state index is 14.3. The number of nitrogens with one attached hydrogen (secondary N) is 8. The number of alkyl carbamates (subject to hydrolysis) is 4. The van der Waals surface area contributed by atoms with E-state index >= 15 is 0 Å². The van der Waals surface area contributed by atoms with Gasteiger partial charge in [-0.3, -0.25) is 19.2 Å². The quantitative estimate of drug-likeness (QED) is 0.0233. The number of nitrogens with zero attached hydrogens (tertiary/aromatic N) is 10. The number of aromatic amines is 4. The van der Waals surface area contributed by atoms with Gasteiger partial charge in [-0.25, -0.2) is 47.9 Å². The average Bonchev–Trinajstić information content (AvgIpc) is 1.61. The normalized spacial score (nSPS) is 20.5. The van der Waals surface area contributed by atoms with Gasteiger partial charge in [-0.2, -0.15) is 0 Å². The zero-order valence-electron chi connectivity index (χ0n) is 76.8. The highest BCUT2D eigenvalue weighted by Crippen LogP contribution is 2.50. The average molecular weight is 1800 g/mol. The summed E-state index contributed by atoms with van der Waals surface area (Å²) in [5.41, 5.74) is 13.6. The van der Waals surface area contributed by atoms with Gasteiger partial charge in [-0.15, -0.1) is 0 Å². The molecule has 10 aromatic rings. The second kappa shape index (κ2) is 41.4. The summed E-state index contributed by atoms with van der Waals surface area (Å²) in [4.78, 5) is 148. The highest BCUT2D eigenvalue weighted by molar-refractivity contribution is 5.89. The molecule has 12 atom stereocenters. The van der Waals surface area contributed by atoms with Crippen LogP contribution in [0, 0.1) is 35.3 Å². The fourth-order valence-electron chi connectivity index (χ4n) is 19.8. The molecule has 8 amide bonds. The highest BCUT2D eigenvalue weighted by Gasteiger charge is 2.45. The van der Waals surface area contributed by atoms with Crippen LogP contribution in [0.25, 0.3) is 45.0 Å². The lowest BCUT2D eigenvalue weighted by atomic mass is 10.0. The van der Waals surface area contributed by atoms with Crippen molar-refractivity contribution in [1.82, 2.24) is 80.7 Å². The Bertz CT molecular complexity index is 5020. The van der Waals surface area contributed by atoms with E-state index in [0.717, 1.165) is 156 Å². The lowest BCUT2D eigenvalue weighted by Gasteiger charge is -2.33. The molecule has 6 aliphatic rings. The van der Waals surface area contributed by atoms with E-state index in [4.69, 9.17) is 38.9 Å². The van der Waals surface area contributed by atoms with Crippen LogP contribution < -0.4 is 31.1 Å². The fourth-order valence-corrected chi connectivity index (χ4v) is 19.8. The Morgan fingerprint density at radius 3 is 0.697 bits per heavy atom. The molecule has 6 saturated heterocycles. The highest BCUT2D eigenvalue weighted by atomic mass is 19.1. The Kier molecular flexibility index (Phi) is 29.2. The first-order valence-corrected chi connectivity index (χ1v) is 46.0. The van der Waals surface area contributed by atoms with Crippen molar-refractivity contribution in [2.45, 2.75) is 205 Å². The topological polar surface area (TPSA) is 356 Å². The van der Waals surface area contributed by atoms with E-state index in [1.807, 2.05) is 104 Å². The van der Waals surface area contributed by atoms with Crippen LogP contribution >= 0.6 is 0 Å². The summed E-state index contributed by atoms with van der Waals surface area (Å²) in [5, 5.41) is 10.8. The summed E-state index contributed by atoms with van der Waals surface area (Å²) >= 11 is 0. The Balaban J connectivity index is 0.000000202. The summed E-state index contributed by atoms with van der Waals surface area (Å²) < 4.78 is 47.7. The summed E-state index contributed by atoms with van der Waals surface area (Å²) in [6, 6.07) is 43.6. The van der Waals surface area contributed by atoms with Crippen LogP contribution in [-0.2, 0) is 38.1 Å². The fraction of sp³-hybridized carbons (Fsp3) is 0.440. The van der Waals surface area contributed by atoms with Crippen LogP contribution in [-0.4, -0.2) is 186 Å². The maximum Gasteiger partial charge on any atom is 0.407 e. The molecule has 696 valence electrons. The van der Waals surface area contributed by atoms with Crippen molar-refractivity contribution in [3.8, 4) is 45.0 Å². The molecule has 6 aromatic carbocycles. The van der Waals surface area contributed by atoms with E-state index in [-0.39, 0.29) is 107 Å². The van der Waals surface area contributed by atoms with Gasteiger partial charge >= 0.3 is 24.4 Å². The number of imidazole rings is 4. The summed E-state index contributed by atoms with van der Waals surface area (Å²) in [7, 11) is 5.15. The van der Waals surface area contributed by atoms with E-state index in [9.17, 15) is 47.1 Å². The van der Waals surface area contributed by atoms with Crippen LogP contribution in [0.4, 0.5) is 39.3 Å². The van der Waals surface area contributed by atoms with Gasteiger partial charge in [-0.05, 0) is 194 Å². The largest absolute Gasteiger partial charge is 0.453 e. The molecule has 32 heteroatoms. The van der Waals surface area contributed by atoms with Crippen molar-refractivity contribution in [2.24, 2.45) is 23.7 Å². The Labute approximate surface area is 767 Å². The number of carbonyl (C=O) groups excluding carboxylic acids is 8. The lowest BCUT2D eigenvalue weighted by molar-refractivity contribution is -0.136. The molecule has 6 fully saturated rings. The number of anilines is 2. The third-order valence-electron chi connectivity index (χ3n) is 26.8. The molecule has 8 N–H and O–H groups in total. The zero-order chi connectivity index (χ0) is 93.3. The Hall–Kier alpha value is -13.4. The van der Waals surface area contributed by atoms with Crippen molar-refractivity contribution < 1.29 is 66.1 Å². The summed E-state index contributed by atoms with van der Waals surface area (Å²) in [5.74, 6) is 1.14. The van der Waals surface area contributed by atoms with E-state index in [2.05, 4.69) is 148 Å². The molecule has 4 aromatic heterocycles. The number of likely N-dealkylation sites (tertiary alicyclic amines) is 4. The zero-order valence-corrected chi connectivity index (χ0v) is 76.8.